The molecule has 0 bridgehead atoms. The van der Waals surface area contributed by atoms with E-state index < -0.39 is 0 Å². The molecular formula is C11H12Br2N4O. The standard InChI is InChI=1S/C11H12Br2N4O/c1-5(6(2)14)11-16-10(17-18-11)9-8(13)3-7(12)4-15-9/h3-6H,14H2,1-2H3. The van der Waals surface area contributed by atoms with E-state index in [-0.39, 0.29) is 12.0 Å². The van der Waals surface area contributed by atoms with Crippen LogP contribution in [0.4, 0.5) is 0 Å². The SMILES string of the molecule is CC(N)C(C)c1nc(-c2ncc(Br)cc2Br)no1. The normalized spacial score (nSPS) is 14.5. The van der Waals surface area contributed by atoms with Crippen LogP contribution in [0.5, 0.6) is 0 Å². The second-order valence-electron chi connectivity index (χ2n) is 4.09. The zero-order valence-corrected chi connectivity index (χ0v) is 13.1. The molecule has 0 aromatic carbocycles. The van der Waals surface area contributed by atoms with Crippen molar-refractivity contribution in [2.24, 2.45) is 5.73 Å². The van der Waals surface area contributed by atoms with Crippen molar-refractivity contribution in [3.63, 3.8) is 0 Å². The molecule has 0 aliphatic carbocycles. The summed E-state index contributed by atoms with van der Waals surface area (Å²) in [7, 11) is 0. The van der Waals surface area contributed by atoms with Gasteiger partial charge < -0.3 is 10.3 Å². The average Bonchev–Trinajstić information content (AvgIpc) is 2.77. The van der Waals surface area contributed by atoms with Crippen molar-refractivity contribution in [2.75, 3.05) is 0 Å². The smallest absolute Gasteiger partial charge is 0.231 e. The molecule has 0 fully saturated rings. The van der Waals surface area contributed by atoms with Crippen molar-refractivity contribution < 1.29 is 4.52 Å². The van der Waals surface area contributed by atoms with Crippen LogP contribution in [0.15, 0.2) is 25.7 Å². The van der Waals surface area contributed by atoms with Crippen LogP contribution in [0, 0.1) is 0 Å². The summed E-state index contributed by atoms with van der Waals surface area (Å²) in [6.45, 7) is 3.86. The fraction of sp³-hybridized carbons (Fsp3) is 0.364. The minimum Gasteiger partial charge on any atom is -0.339 e. The molecule has 2 heterocycles. The van der Waals surface area contributed by atoms with Crippen LogP contribution in [0.3, 0.4) is 0 Å². The van der Waals surface area contributed by atoms with Gasteiger partial charge >= 0.3 is 0 Å². The number of pyridine rings is 1. The van der Waals surface area contributed by atoms with Gasteiger partial charge in [0.2, 0.25) is 11.7 Å². The van der Waals surface area contributed by atoms with Crippen molar-refractivity contribution in [1.82, 2.24) is 15.1 Å². The van der Waals surface area contributed by atoms with Gasteiger partial charge in [-0.2, -0.15) is 4.98 Å². The van der Waals surface area contributed by atoms with Crippen LogP contribution >= 0.6 is 31.9 Å². The van der Waals surface area contributed by atoms with E-state index in [4.69, 9.17) is 10.3 Å². The van der Waals surface area contributed by atoms with Crippen LogP contribution in [0.25, 0.3) is 11.5 Å². The van der Waals surface area contributed by atoms with E-state index in [1.807, 2.05) is 19.9 Å². The predicted octanol–water partition coefficient (Wildman–Crippen LogP) is 3.11. The summed E-state index contributed by atoms with van der Waals surface area (Å²) in [6.07, 6.45) is 1.69. The van der Waals surface area contributed by atoms with Crippen LogP contribution in [0.2, 0.25) is 0 Å². The quantitative estimate of drug-likeness (QED) is 0.891. The Bertz CT molecular complexity index is 556. The fourth-order valence-corrected chi connectivity index (χ4v) is 2.49. The Morgan fingerprint density at radius 1 is 1.33 bits per heavy atom. The lowest BCUT2D eigenvalue weighted by atomic mass is 10.1. The molecule has 0 saturated carbocycles. The molecule has 0 aliphatic rings. The van der Waals surface area contributed by atoms with E-state index in [9.17, 15) is 0 Å². The highest BCUT2D eigenvalue weighted by molar-refractivity contribution is 9.11. The van der Waals surface area contributed by atoms with E-state index in [2.05, 4.69) is 47.0 Å². The molecule has 2 rings (SSSR count). The first-order chi connectivity index (χ1) is 8.49. The molecule has 2 aromatic rings. The minimum absolute atomic E-state index is 0.0143. The molecule has 0 aliphatic heterocycles. The van der Waals surface area contributed by atoms with Gasteiger partial charge in [0.05, 0.1) is 5.92 Å². The molecule has 0 radical (unpaired) electrons. The molecule has 0 saturated heterocycles. The third-order valence-corrected chi connectivity index (χ3v) is 3.68. The third kappa shape index (κ3) is 2.78. The Hall–Kier alpha value is -0.790. The van der Waals surface area contributed by atoms with Gasteiger partial charge in [0.25, 0.3) is 0 Å². The van der Waals surface area contributed by atoms with E-state index in [0.717, 1.165) is 8.95 Å². The lowest BCUT2D eigenvalue weighted by Crippen LogP contribution is -2.22. The average molecular weight is 376 g/mol. The number of hydrogen-bond donors (Lipinski definition) is 1. The molecule has 96 valence electrons. The van der Waals surface area contributed by atoms with Gasteiger partial charge in [-0.15, -0.1) is 0 Å². The van der Waals surface area contributed by atoms with Gasteiger partial charge in [0, 0.05) is 21.2 Å². The number of aromatic nitrogens is 3. The molecule has 5 nitrogen and oxygen atoms in total. The van der Waals surface area contributed by atoms with Gasteiger partial charge in [0.15, 0.2) is 0 Å². The van der Waals surface area contributed by atoms with Crippen LogP contribution < -0.4 is 5.73 Å². The van der Waals surface area contributed by atoms with Crippen molar-refractivity contribution in [2.45, 2.75) is 25.8 Å². The Kier molecular flexibility index (Phi) is 4.14. The van der Waals surface area contributed by atoms with Crippen LogP contribution in [-0.2, 0) is 0 Å². The maximum absolute atomic E-state index is 5.81. The molecular weight excluding hydrogens is 364 g/mol. The van der Waals surface area contributed by atoms with Gasteiger partial charge in [-0.3, -0.25) is 4.98 Å². The Morgan fingerprint density at radius 2 is 2.06 bits per heavy atom. The Morgan fingerprint density at radius 3 is 2.67 bits per heavy atom. The first-order valence-electron chi connectivity index (χ1n) is 5.39. The Balaban J connectivity index is 2.35. The molecule has 18 heavy (non-hydrogen) atoms. The largest absolute Gasteiger partial charge is 0.339 e. The van der Waals surface area contributed by atoms with E-state index in [1.54, 1.807) is 6.20 Å². The molecule has 2 unspecified atom stereocenters. The van der Waals surface area contributed by atoms with E-state index >= 15 is 0 Å². The minimum atomic E-state index is -0.0420. The van der Waals surface area contributed by atoms with Crippen molar-refractivity contribution in [3.8, 4) is 11.5 Å². The van der Waals surface area contributed by atoms with Crippen molar-refractivity contribution in [1.29, 1.82) is 0 Å². The van der Waals surface area contributed by atoms with E-state index in [1.165, 1.54) is 0 Å². The maximum Gasteiger partial charge on any atom is 0.231 e. The van der Waals surface area contributed by atoms with Crippen molar-refractivity contribution in [3.05, 3.63) is 27.1 Å². The lowest BCUT2D eigenvalue weighted by Gasteiger charge is -2.09. The monoisotopic (exact) mass is 374 g/mol. The van der Waals surface area contributed by atoms with E-state index in [0.29, 0.717) is 17.4 Å². The zero-order valence-electron chi connectivity index (χ0n) is 9.89. The van der Waals surface area contributed by atoms with Crippen molar-refractivity contribution >= 4 is 31.9 Å². The molecule has 7 heteroatoms. The first-order valence-corrected chi connectivity index (χ1v) is 6.98. The highest BCUT2D eigenvalue weighted by Gasteiger charge is 2.20. The maximum atomic E-state index is 5.81. The highest BCUT2D eigenvalue weighted by Crippen LogP contribution is 2.27. The number of nitrogens with two attached hydrogens (primary N) is 1. The second kappa shape index (κ2) is 5.46. The number of halogens is 2. The zero-order chi connectivity index (χ0) is 13.3. The second-order valence-corrected chi connectivity index (χ2v) is 5.86. The summed E-state index contributed by atoms with van der Waals surface area (Å²) < 4.78 is 6.90. The summed E-state index contributed by atoms with van der Waals surface area (Å²) in [5, 5.41) is 3.93. The van der Waals surface area contributed by atoms with Gasteiger partial charge in [0.1, 0.15) is 5.69 Å². The third-order valence-electron chi connectivity index (χ3n) is 2.64. The fourth-order valence-electron chi connectivity index (χ4n) is 1.32. The molecule has 2 atom stereocenters. The summed E-state index contributed by atoms with van der Waals surface area (Å²) in [5.74, 6) is 0.994. The summed E-state index contributed by atoms with van der Waals surface area (Å²) >= 11 is 6.76. The highest BCUT2D eigenvalue weighted by atomic mass is 79.9. The lowest BCUT2D eigenvalue weighted by molar-refractivity contribution is 0.346. The first kappa shape index (κ1) is 13.6. The summed E-state index contributed by atoms with van der Waals surface area (Å²) in [5.41, 5.74) is 6.45. The van der Waals surface area contributed by atoms with Gasteiger partial charge in [-0.05, 0) is 44.8 Å². The topological polar surface area (TPSA) is 77.8 Å². The molecule has 0 amide bonds. The Labute approximate surface area is 121 Å². The predicted molar refractivity (Wildman–Crippen MR) is 75.0 cm³/mol. The van der Waals surface area contributed by atoms with Crippen LogP contribution in [-0.4, -0.2) is 21.2 Å². The van der Waals surface area contributed by atoms with Crippen LogP contribution in [0.1, 0.15) is 25.7 Å². The number of rotatable bonds is 3. The molecule has 2 aromatic heterocycles. The molecule has 2 N–H and O–H groups in total. The van der Waals surface area contributed by atoms with Gasteiger partial charge in [-0.25, -0.2) is 0 Å². The molecule has 0 spiro atoms. The summed E-state index contributed by atoms with van der Waals surface area (Å²) in [6, 6.07) is 1.84. The summed E-state index contributed by atoms with van der Waals surface area (Å²) in [4.78, 5) is 8.58. The number of nitrogens with zero attached hydrogens (tertiary/aromatic N) is 3. The number of hydrogen-bond acceptors (Lipinski definition) is 5. The van der Waals surface area contributed by atoms with Gasteiger partial charge in [-0.1, -0.05) is 12.1 Å².